The summed E-state index contributed by atoms with van der Waals surface area (Å²) in [6.45, 7) is 10.3. The van der Waals surface area contributed by atoms with Gasteiger partial charge in [0, 0.05) is 30.2 Å². The van der Waals surface area contributed by atoms with E-state index < -0.39 is 17.8 Å². The molecule has 0 fully saturated rings. The Morgan fingerprint density at radius 3 is 1.79 bits per heavy atom. The molecule has 6 rings (SSSR count). The molecule has 0 amide bonds. The second-order valence-electron chi connectivity index (χ2n) is 13.7. The molecule has 16 nitrogen and oxygen atoms in total. The van der Waals surface area contributed by atoms with E-state index in [9.17, 15) is 29.7 Å². The van der Waals surface area contributed by atoms with Crippen LogP contribution in [0.5, 0.6) is 5.88 Å². The molecule has 2 heterocycles. The minimum absolute atomic E-state index is 0. The number of nitrogens with zero attached hydrogens (tertiary/aromatic N) is 7. The number of carboxylic acids is 2. The predicted molar refractivity (Wildman–Crippen MR) is 227 cm³/mol. The van der Waals surface area contributed by atoms with Crippen LogP contribution >= 0.6 is 0 Å². The standard InChI is InChI=1S/2C17H14N4O3.C11H25NO.Cr/c2*1-11-15(16(22)21(20-11)12-7-3-2-4-8-12)19-18-14-10-6-5-9-13(14)17(23)24;1-3-5-7-11(4-2)10-13-9-6-8-12;/h2-10,22H,1H3,(H,23,24);2-10,20H,1H3,(H,23,24);11H,3-10,12H2,1-2H3;/q;;;+3/p-3. The summed E-state index contributed by atoms with van der Waals surface area (Å²) in [6, 6.07) is 30.1. The Balaban J connectivity index is 0.000000258. The average Bonchev–Trinajstić information content (AvgIpc) is 3.73. The number of benzene rings is 4. The fraction of sp³-hybridized carbons (Fsp3) is 0.289. The number of carboxylic acid groups (broad SMARTS) is 2. The van der Waals surface area contributed by atoms with Crippen molar-refractivity contribution in [3.63, 3.8) is 0 Å². The Kier molecular flexibility index (Phi) is 20.9. The zero-order valence-corrected chi connectivity index (χ0v) is 36.4. The first kappa shape index (κ1) is 49.9. The van der Waals surface area contributed by atoms with Crippen LogP contribution in [0, 0.1) is 19.8 Å². The molecule has 0 spiro atoms. The van der Waals surface area contributed by atoms with Crippen LogP contribution in [0.15, 0.2) is 134 Å². The summed E-state index contributed by atoms with van der Waals surface area (Å²) in [5.41, 5.74) is 7.46. The van der Waals surface area contributed by atoms with Crippen LogP contribution in [0.4, 0.5) is 22.7 Å². The van der Waals surface area contributed by atoms with Crippen molar-refractivity contribution in [2.45, 2.75) is 59.8 Å². The molecule has 2 aromatic heterocycles. The molecule has 323 valence electrons. The first-order valence-electron chi connectivity index (χ1n) is 19.9. The molecule has 6 aromatic rings. The summed E-state index contributed by atoms with van der Waals surface area (Å²) >= 11 is 0. The summed E-state index contributed by atoms with van der Waals surface area (Å²) in [4.78, 5) is 34.6. The Bertz CT molecular complexity index is 2430. The Morgan fingerprint density at radius 2 is 1.27 bits per heavy atom. The predicted octanol–water partition coefficient (Wildman–Crippen LogP) is 6.85. The van der Waals surface area contributed by atoms with E-state index in [-0.39, 0.29) is 56.8 Å². The second kappa shape index (κ2) is 26.0. The molecule has 0 saturated carbocycles. The molecule has 1 atom stereocenters. The van der Waals surface area contributed by atoms with E-state index in [1.54, 1.807) is 74.5 Å². The quantitative estimate of drug-likeness (QED) is 0.0717. The third-order valence-corrected chi connectivity index (χ3v) is 9.20. The third kappa shape index (κ3) is 14.3. The van der Waals surface area contributed by atoms with Crippen molar-refractivity contribution < 1.29 is 47.0 Å². The summed E-state index contributed by atoms with van der Waals surface area (Å²) < 4.78 is 8.13. The van der Waals surface area contributed by atoms with Gasteiger partial charge in [-0.25, -0.2) is 9.36 Å². The number of hydrogen-bond acceptors (Lipinski definition) is 13. The van der Waals surface area contributed by atoms with Crippen LogP contribution in [0.2, 0.25) is 0 Å². The van der Waals surface area contributed by atoms with Crippen molar-refractivity contribution in [3.8, 4) is 17.3 Å². The minimum atomic E-state index is -1.36. The molecule has 0 saturated heterocycles. The van der Waals surface area contributed by atoms with E-state index in [1.807, 2.05) is 24.3 Å². The molecule has 62 heavy (non-hydrogen) atoms. The Morgan fingerprint density at radius 1 is 0.758 bits per heavy atom. The zero-order chi connectivity index (χ0) is 44.1. The van der Waals surface area contributed by atoms with Crippen LogP contribution in [0.3, 0.4) is 0 Å². The number of aromatic carboxylic acids is 2. The van der Waals surface area contributed by atoms with Gasteiger partial charge >= 0.3 is 17.4 Å². The van der Waals surface area contributed by atoms with Crippen LogP contribution in [-0.4, -0.2) is 51.3 Å². The molecule has 0 bridgehead atoms. The van der Waals surface area contributed by atoms with Gasteiger partial charge in [-0.3, -0.25) is 9.89 Å². The van der Waals surface area contributed by atoms with Crippen molar-refractivity contribution in [3.05, 3.63) is 142 Å². The molecule has 0 aliphatic heterocycles. The molecular weight excluding hydrogens is 831 g/mol. The molecule has 4 aromatic carbocycles. The van der Waals surface area contributed by atoms with Crippen LogP contribution in [-0.2, 0) is 22.1 Å². The number of hydrogen-bond donors (Lipinski definition) is 2. The van der Waals surface area contributed by atoms with E-state index in [2.05, 4.69) is 44.5 Å². The summed E-state index contributed by atoms with van der Waals surface area (Å²) in [6.07, 6.45) is 6.17. The van der Waals surface area contributed by atoms with Crippen molar-refractivity contribution in [2.24, 2.45) is 32.1 Å². The number of carbonyl (C=O) groups is 2. The third-order valence-electron chi connectivity index (χ3n) is 9.20. The van der Waals surface area contributed by atoms with E-state index in [0.717, 1.165) is 32.1 Å². The van der Waals surface area contributed by atoms with E-state index in [1.165, 1.54) is 59.3 Å². The van der Waals surface area contributed by atoms with Gasteiger partial charge in [0.2, 0.25) is 0 Å². The molecular formula is C45H50CrN9O7. The van der Waals surface area contributed by atoms with Crippen LogP contribution in [0.1, 0.15) is 78.1 Å². The molecule has 0 aliphatic rings. The van der Waals surface area contributed by atoms with Crippen molar-refractivity contribution in [1.82, 2.24) is 19.6 Å². The minimum Gasteiger partial charge on any atom is -0.857 e. The second-order valence-corrected chi connectivity index (χ2v) is 13.7. The molecule has 17 heteroatoms. The maximum atomic E-state index is 12.5. The van der Waals surface area contributed by atoms with Gasteiger partial charge in [-0.2, -0.15) is 5.10 Å². The number of H-pyrrole nitrogens is 1. The molecule has 1 unspecified atom stereocenters. The van der Waals surface area contributed by atoms with Crippen molar-refractivity contribution in [2.75, 3.05) is 19.8 Å². The van der Waals surface area contributed by atoms with Gasteiger partial charge in [0.1, 0.15) is 5.69 Å². The van der Waals surface area contributed by atoms with Gasteiger partial charge in [-0.05, 0) is 75.5 Å². The fourth-order valence-electron chi connectivity index (χ4n) is 5.78. The number of carbonyl (C=O) groups excluding carboxylic acids is 2. The van der Waals surface area contributed by atoms with Gasteiger partial charge in [-0.1, -0.05) is 106 Å². The zero-order valence-electron chi connectivity index (χ0n) is 35.1. The summed E-state index contributed by atoms with van der Waals surface area (Å²) in [5.74, 6) is -2.37. The summed E-state index contributed by atoms with van der Waals surface area (Å²) in [5, 5.41) is 57.3. The monoisotopic (exact) mass is 880 g/mol. The maximum Gasteiger partial charge on any atom is 3.00 e. The van der Waals surface area contributed by atoms with Gasteiger partial charge < -0.3 is 35.4 Å². The first-order valence-corrected chi connectivity index (χ1v) is 19.9. The average molecular weight is 881 g/mol. The van der Waals surface area contributed by atoms with Gasteiger partial charge in [0.15, 0.2) is 5.69 Å². The van der Waals surface area contributed by atoms with Crippen molar-refractivity contribution >= 4 is 34.7 Å². The Labute approximate surface area is 371 Å². The van der Waals surface area contributed by atoms with E-state index in [4.69, 9.17) is 10.5 Å². The first-order chi connectivity index (χ1) is 29.5. The smallest absolute Gasteiger partial charge is 0.857 e. The summed E-state index contributed by atoms with van der Waals surface area (Å²) in [7, 11) is 0. The van der Waals surface area contributed by atoms with Crippen LogP contribution in [0.25, 0.3) is 11.4 Å². The normalized spacial score (nSPS) is 11.3. The number of aryl methyl sites for hydroxylation is 2. The molecule has 3 N–H and O–H groups in total. The number of aromatic nitrogens is 4. The molecule has 0 aliphatic carbocycles. The number of ether oxygens (including phenoxy) is 1. The van der Waals surface area contributed by atoms with Crippen molar-refractivity contribution in [1.29, 1.82) is 0 Å². The number of para-hydroxylation sites is 2. The number of aromatic amines is 1. The fourth-order valence-corrected chi connectivity index (χ4v) is 5.78. The van der Waals surface area contributed by atoms with Gasteiger partial charge in [-0.15, -0.1) is 20.5 Å². The number of unbranched alkanes of at least 4 members (excludes halogenated alkanes) is 1. The van der Waals surface area contributed by atoms with Gasteiger partial charge in [0.05, 0.1) is 46.1 Å². The Hall–Kier alpha value is -6.51. The molecule has 1 radical (unpaired) electrons. The van der Waals surface area contributed by atoms with Gasteiger partial charge in [0.25, 0.3) is 5.56 Å². The number of nitrogens with two attached hydrogens (primary N) is 1. The largest absolute Gasteiger partial charge is 3.00 e. The number of rotatable bonds is 17. The van der Waals surface area contributed by atoms with Crippen LogP contribution < -0.4 is 26.6 Å². The SMILES string of the molecule is CCCCC(CC)COCCCN.Cc1[nH]n(-c2ccccc2)c(=O)c1N=Nc1ccccc1C(=O)[O-].Cc1nn(-c2ccccc2)c([O-])c1N=Nc1ccccc1C(=O)[O-].[Cr+3]. The number of nitrogens with one attached hydrogen (secondary N) is 1. The van der Waals surface area contributed by atoms with E-state index in [0.29, 0.717) is 22.8 Å². The number of azo groups is 2. The maximum absolute atomic E-state index is 12.5. The topological polar surface area (TPSA) is 244 Å². The van der Waals surface area contributed by atoms with E-state index >= 15 is 0 Å².